The van der Waals surface area contributed by atoms with Crippen LogP contribution in [-0.2, 0) is 48.0 Å². The van der Waals surface area contributed by atoms with Gasteiger partial charge in [-0.05, 0) is 42.2 Å². The molecule has 6 rings (SSSR count). The smallest absolute Gasteiger partial charge is 0.225 e. The first kappa shape index (κ1) is 34.4. The summed E-state index contributed by atoms with van der Waals surface area (Å²) in [5.74, 6) is 0.467. The molecule has 0 fully saturated rings. The number of nitrogen functional groups attached to an aromatic ring is 1. The van der Waals surface area contributed by atoms with E-state index in [1.54, 1.807) is 6.20 Å². The van der Waals surface area contributed by atoms with Crippen molar-refractivity contribution >= 4 is 33.8 Å². The summed E-state index contributed by atoms with van der Waals surface area (Å²) in [5.41, 5.74) is 12.8. The van der Waals surface area contributed by atoms with Crippen LogP contribution in [0.3, 0.4) is 0 Å². The number of aromatic nitrogens is 6. The Hall–Kier alpha value is -4.47. The number of nitrogens with two attached hydrogens (primary N) is 1. The van der Waals surface area contributed by atoms with Crippen LogP contribution < -0.4 is 5.73 Å². The summed E-state index contributed by atoms with van der Waals surface area (Å²) in [6.45, 7) is 8.91. The minimum Gasteiger partial charge on any atom is -0.383 e. The van der Waals surface area contributed by atoms with Gasteiger partial charge in [0.25, 0.3) is 0 Å². The number of anilines is 1. The highest BCUT2D eigenvalue weighted by Crippen LogP contribution is 2.32. The van der Waals surface area contributed by atoms with Crippen molar-refractivity contribution in [2.24, 2.45) is 0 Å². The number of fused-ring (bicyclic) bond motifs is 3. The topological polar surface area (TPSA) is 165 Å². The Morgan fingerprint density at radius 2 is 1.61 bits per heavy atom. The van der Waals surface area contributed by atoms with E-state index in [9.17, 15) is 4.79 Å². The summed E-state index contributed by atoms with van der Waals surface area (Å²) in [6.07, 6.45) is 6.24. The predicted molar refractivity (Wildman–Crippen MR) is 184 cm³/mol. The lowest BCUT2D eigenvalue weighted by atomic mass is 9.97. The Bertz CT molecular complexity index is 1820. The summed E-state index contributed by atoms with van der Waals surface area (Å²) in [5, 5.41) is 6.63. The largest absolute Gasteiger partial charge is 0.383 e. The molecule has 1 aliphatic rings. The molecular weight excluding hydrogens is 628 g/mol. The second kappa shape index (κ2) is 17.3. The Balaban J connectivity index is 0.939. The fraction of sp³-hybridized carbons (Fsp3) is 0.457. The number of benzene rings is 1. The number of H-pyrrole nitrogens is 1. The number of nitrogens with one attached hydrogen (secondary N) is 1. The van der Waals surface area contributed by atoms with Crippen molar-refractivity contribution in [2.45, 2.75) is 32.9 Å². The van der Waals surface area contributed by atoms with Crippen LogP contribution in [0.25, 0.3) is 33.3 Å². The monoisotopic (exact) mass is 672 g/mol. The van der Waals surface area contributed by atoms with Gasteiger partial charge in [0, 0.05) is 43.0 Å². The molecule has 0 bridgehead atoms. The van der Waals surface area contributed by atoms with Crippen LogP contribution in [0, 0.1) is 0 Å². The van der Waals surface area contributed by atoms with Gasteiger partial charge >= 0.3 is 0 Å². The third kappa shape index (κ3) is 8.96. The van der Waals surface area contributed by atoms with Gasteiger partial charge < -0.3 is 39.3 Å². The van der Waals surface area contributed by atoms with Crippen molar-refractivity contribution in [2.75, 3.05) is 78.3 Å². The number of carbonyl (C=O) groups is 1. The van der Waals surface area contributed by atoms with Crippen LogP contribution >= 0.6 is 0 Å². The van der Waals surface area contributed by atoms with Crippen molar-refractivity contribution in [1.82, 2.24) is 34.6 Å². The first-order valence-electron chi connectivity index (χ1n) is 16.8. The standard InChI is InChI=1S/C35H44N8O6/c1-2-45-11-12-47-15-16-49-18-17-48-14-13-46-10-7-30(44)42-9-6-26-19-25(3-4-28(26)23-42)22-43-35-31(33(36)39-24-40-35)32(41-43)29-20-27-5-8-37-34(27)38-21-29/h3-5,8,19-21,24H,2,6-7,9-18,22-23H2,1H3,(H,37,38)(H2,36,39,40). The van der Waals surface area contributed by atoms with Crippen molar-refractivity contribution in [1.29, 1.82) is 0 Å². The van der Waals surface area contributed by atoms with E-state index >= 15 is 0 Å². The minimum absolute atomic E-state index is 0.0904. The highest BCUT2D eigenvalue weighted by Gasteiger charge is 2.22. The van der Waals surface area contributed by atoms with Gasteiger partial charge in [-0.2, -0.15) is 5.10 Å². The molecule has 5 heterocycles. The molecule has 14 nitrogen and oxygen atoms in total. The van der Waals surface area contributed by atoms with Gasteiger partial charge in [-0.1, -0.05) is 18.2 Å². The third-order valence-corrected chi connectivity index (χ3v) is 8.35. The molecule has 0 saturated carbocycles. The normalized spacial score (nSPS) is 13.0. The molecule has 0 unspecified atom stereocenters. The van der Waals surface area contributed by atoms with Crippen LogP contribution in [0.2, 0.25) is 0 Å². The number of ether oxygens (including phenoxy) is 5. The van der Waals surface area contributed by atoms with Crippen LogP contribution in [0.4, 0.5) is 5.82 Å². The SMILES string of the molecule is CCOCCOCCOCCOCCOCCC(=O)N1CCc2cc(Cn3nc(-c4cnc5[nH]ccc5c4)c4c(N)ncnc43)ccc2C1. The molecule has 5 aromatic rings. The highest BCUT2D eigenvalue weighted by atomic mass is 16.6. The van der Waals surface area contributed by atoms with Gasteiger partial charge in [0.1, 0.15) is 23.5 Å². The van der Waals surface area contributed by atoms with Gasteiger partial charge in [-0.3, -0.25) is 4.79 Å². The third-order valence-electron chi connectivity index (χ3n) is 8.35. The zero-order valence-corrected chi connectivity index (χ0v) is 27.9. The Labute approximate surface area is 284 Å². The summed E-state index contributed by atoms with van der Waals surface area (Å²) < 4.78 is 29.1. The van der Waals surface area contributed by atoms with Gasteiger partial charge in [-0.25, -0.2) is 19.6 Å². The van der Waals surface area contributed by atoms with E-state index in [0.717, 1.165) is 34.1 Å². The van der Waals surface area contributed by atoms with Crippen molar-refractivity contribution < 1.29 is 28.5 Å². The van der Waals surface area contributed by atoms with Gasteiger partial charge in [0.15, 0.2) is 5.65 Å². The minimum atomic E-state index is 0.0904. The number of carbonyl (C=O) groups excluding carboxylic acids is 1. The van der Waals surface area contributed by atoms with Crippen LogP contribution in [0.5, 0.6) is 0 Å². The van der Waals surface area contributed by atoms with E-state index in [0.29, 0.717) is 115 Å². The number of amides is 1. The van der Waals surface area contributed by atoms with Crippen LogP contribution in [0.15, 0.2) is 49.1 Å². The Morgan fingerprint density at radius 1 is 0.878 bits per heavy atom. The molecule has 0 aliphatic carbocycles. The number of aromatic amines is 1. The second-order valence-electron chi connectivity index (χ2n) is 11.7. The molecule has 0 spiro atoms. The van der Waals surface area contributed by atoms with E-state index in [2.05, 4.69) is 38.1 Å². The maximum Gasteiger partial charge on any atom is 0.225 e. The first-order valence-corrected chi connectivity index (χ1v) is 16.8. The molecule has 1 amide bonds. The van der Waals surface area contributed by atoms with Gasteiger partial charge in [-0.15, -0.1) is 0 Å². The maximum atomic E-state index is 12.9. The molecule has 260 valence electrons. The molecule has 1 aromatic carbocycles. The van der Waals surface area contributed by atoms with Crippen molar-refractivity contribution in [3.8, 4) is 11.3 Å². The number of hydrogen-bond donors (Lipinski definition) is 2. The summed E-state index contributed by atoms with van der Waals surface area (Å²) in [7, 11) is 0. The van der Waals surface area contributed by atoms with E-state index < -0.39 is 0 Å². The quantitative estimate of drug-likeness (QED) is 0.124. The maximum absolute atomic E-state index is 12.9. The zero-order chi connectivity index (χ0) is 33.8. The summed E-state index contributed by atoms with van der Waals surface area (Å²) in [6, 6.07) is 10.4. The van der Waals surface area contributed by atoms with Crippen molar-refractivity contribution in [3.05, 3.63) is 65.7 Å². The average Bonchev–Trinajstić information content (AvgIpc) is 3.75. The lowest BCUT2D eigenvalue weighted by molar-refractivity contribution is -0.133. The van der Waals surface area contributed by atoms with Gasteiger partial charge in [0.2, 0.25) is 5.91 Å². The molecule has 14 heteroatoms. The second-order valence-corrected chi connectivity index (χ2v) is 11.7. The predicted octanol–water partition coefficient (Wildman–Crippen LogP) is 3.38. The number of rotatable bonds is 19. The van der Waals surface area contributed by atoms with Gasteiger partial charge in [0.05, 0.1) is 77.8 Å². The number of nitrogens with zero attached hydrogens (tertiary/aromatic N) is 6. The Kier molecular flexibility index (Phi) is 12.1. The van der Waals surface area contributed by atoms with Crippen LogP contribution in [-0.4, -0.2) is 113 Å². The molecule has 3 N–H and O–H groups in total. The summed E-state index contributed by atoms with van der Waals surface area (Å²) in [4.78, 5) is 31.2. The molecule has 1 aliphatic heterocycles. The molecule has 0 atom stereocenters. The summed E-state index contributed by atoms with van der Waals surface area (Å²) >= 11 is 0. The van der Waals surface area contributed by atoms with Crippen molar-refractivity contribution in [3.63, 3.8) is 0 Å². The van der Waals surface area contributed by atoms with E-state index in [1.165, 1.54) is 11.9 Å². The first-order chi connectivity index (χ1) is 24.1. The van der Waals surface area contributed by atoms with Crippen LogP contribution in [0.1, 0.15) is 30.0 Å². The molecule has 4 aromatic heterocycles. The van der Waals surface area contributed by atoms with E-state index in [1.807, 2.05) is 34.8 Å². The highest BCUT2D eigenvalue weighted by molar-refractivity contribution is 5.99. The number of hydrogen-bond acceptors (Lipinski definition) is 11. The lowest BCUT2D eigenvalue weighted by Gasteiger charge is -2.29. The molecule has 0 radical (unpaired) electrons. The molecule has 0 saturated heterocycles. The average molecular weight is 673 g/mol. The lowest BCUT2D eigenvalue weighted by Crippen LogP contribution is -2.36. The Morgan fingerprint density at radius 3 is 2.37 bits per heavy atom. The molecule has 49 heavy (non-hydrogen) atoms. The fourth-order valence-electron chi connectivity index (χ4n) is 5.84. The number of pyridine rings is 1. The van der Waals surface area contributed by atoms with E-state index in [4.69, 9.17) is 34.5 Å². The zero-order valence-electron chi connectivity index (χ0n) is 27.9. The fourth-order valence-corrected chi connectivity index (χ4v) is 5.84. The molecular formula is C35H44N8O6. The van der Waals surface area contributed by atoms with E-state index in [-0.39, 0.29) is 5.91 Å².